The third-order valence-electron chi connectivity index (χ3n) is 5.37. The quantitative estimate of drug-likeness (QED) is 0.364. The molecule has 3 rings (SSSR count). The molecule has 0 N–H and O–H groups in total. The number of hydrogen-bond acceptors (Lipinski definition) is 0. The summed E-state index contributed by atoms with van der Waals surface area (Å²) in [4.78, 5) is 0. The zero-order valence-corrected chi connectivity index (χ0v) is 19.7. The van der Waals surface area contributed by atoms with E-state index in [9.17, 15) is 0 Å². The van der Waals surface area contributed by atoms with Crippen molar-refractivity contribution in [2.24, 2.45) is 0 Å². The second-order valence-electron chi connectivity index (χ2n) is 7.84. The third kappa shape index (κ3) is 7.04. The van der Waals surface area contributed by atoms with E-state index in [1.54, 1.807) is 0 Å². The summed E-state index contributed by atoms with van der Waals surface area (Å²) in [5, 5.41) is 0.774. The summed E-state index contributed by atoms with van der Waals surface area (Å²) in [6.07, 6.45) is 2.03. The molecule has 156 valence electrons. The lowest BCUT2D eigenvalue weighted by atomic mass is 9.89. The molecule has 0 aliphatic rings. The van der Waals surface area contributed by atoms with Crippen LogP contribution in [0.25, 0.3) is 5.57 Å². The minimum Gasteiger partial charge on any atom is -0.0958 e. The summed E-state index contributed by atoms with van der Waals surface area (Å²) in [5.41, 5.74) is 10.1. The van der Waals surface area contributed by atoms with Crippen LogP contribution in [0.15, 0.2) is 90.5 Å². The lowest BCUT2D eigenvalue weighted by Gasteiger charge is -2.16. The number of allylic oxidation sites excluding steroid dienone is 3. The minimum absolute atomic E-state index is 0.774. The van der Waals surface area contributed by atoms with E-state index in [-0.39, 0.29) is 0 Å². The fourth-order valence-electron chi connectivity index (χ4n) is 3.23. The van der Waals surface area contributed by atoms with Crippen molar-refractivity contribution in [3.05, 3.63) is 123 Å². The van der Waals surface area contributed by atoms with Crippen LogP contribution in [0, 0.1) is 13.8 Å². The molecular formula is C29H33Cl. The smallest absolute Gasteiger partial charge is 0.0412 e. The predicted molar refractivity (Wildman–Crippen MR) is 134 cm³/mol. The van der Waals surface area contributed by atoms with E-state index in [1.165, 1.54) is 39.0 Å². The Morgan fingerprint density at radius 1 is 0.833 bits per heavy atom. The van der Waals surface area contributed by atoms with Gasteiger partial charge < -0.3 is 0 Å². The van der Waals surface area contributed by atoms with Crippen molar-refractivity contribution in [1.29, 1.82) is 0 Å². The van der Waals surface area contributed by atoms with Gasteiger partial charge >= 0.3 is 0 Å². The first-order chi connectivity index (χ1) is 14.3. The van der Waals surface area contributed by atoms with Crippen LogP contribution < -0.4 is 0 Å². The van der Waals surface area contributed by atoms with E-state index in [4.69, 9.17) is 11.6 Å². The molecule has 0 saturated carbocycles. The molecule has 0 nitrogen and oxygen atoms in total. The molecule has 30 heavy (non-hydrogen) atoms. The molecule has 0 radical (unpaired) electrons. The fraction of sp³-hybridized carbons (Fsp3) is 0.241. The van der Waals surface area contributed by atoms with Crippen LogP contribution in [0.3, 0.4) is 0 Å². The molecule has 0 aliphatic heterocycles. The first-order valence-electron chi connectivity index (χ1n) is 10.5. The maximum atomic E-state index is 6.20. The molecule has 0 atom stereocenters. The van der Waals surface area contributed by atoms with Gasteiger partial charge in [-0.25, -0.2) is 0 Å². The highest BCUT2D eigenvalue weighted by molar-refractivity contribution is 6.30. The molecule has 0 spiro atoms. The van der Waals surface area contributed by atoms with Crippen LogP contribution in [0.2, 0.25) is 5.02 Å². The van der Waals surface area contributed by atoms with Gasteiger partial charge in [0.1, 0.15) is 0 Å². The van der Waals surface area contributed by atoms with Crippen LogP contribution in [0.5, 0.6) is 0 Å². The van der Waals surface area contributed by atoms with Crippen LogP contribution in [-0.4, -0.2) is 0 Å². The second kappa shape index (κ2) is 11.6. The standard InChI is InChI=1S/C20H21Cl.C9H12/c1-14(2)16(4)20(12-17-8-6-5-7-9-17)19-13-18(21)11-10-15(19)3;1-3-9-6-4-8(2)5-7-9/h5-11,13H,1,12H2,2-4H3;4-7H,3H2,1-2H3/b20-16+;. The van der Waals surface area contributed by atoms with E-state index in [2.05, 4.69) is 102 Å². The van der Waals surface area contributed by atoms with Gasteiger partial charge in [0.25, 0.3) is 0 Å². The van der Waals surface area contributed by atoms with Crippen LogP contribution in [0.4, 0.5) is 0 Å². The summed E-state index contributed by atoms with van der Waals surface area (Å²) in [7, 11) is 0. The summed E-state index contributed by atoms with van der Waals surface area (Å²) in [6, 6.07) is 25.2. The highest BCUT2D eigenvalue weighted by Crippen LogP contribution is 2.30. The van der Waals surface area contributed by atoms with Crippen molar-refractivity contribution in [2.45, 2.75) is 47.5 Å². The average Bonchev–Trinajstić information content (AvgIpc) is 2.75. The Labute approximate surface area is 187 Å². The van der Waals surface area contributed by atoms with Crippen molar-refractivity contribution >= 4 is 17.2 Å². The SMILES string of the molecule is C=C(C)/C(C)=C(\Cc1ccccc1)c1cc(Cl)ccc1C.CCc1ccc(C)cc1. The lowest BCUT2D eigenvalue weighted by Crippen LogP contribution is -1.98. The Morgan fingerprint density at radius 2 is 1.47 bits per heavy atom. The molecule has 0 bridgehead atoms. The number of hydrogen-bond donors (Lipinski definition) is 0. The Kier molecular flexibility index (Phi) is 9.15. The fourth-order valence-corrected chi connectivity index (χ4v) is 3.40. The number of halogens is 1. The minimum atomic E-state index is 0.774. The van der Waals surface area contributed by atoms with E-state index in [0.29, 0.717) is 0 Å². The normalized spacial score (nSPS) is 11.3. The van der Waals surface area contributed by atoms with E-state index in [0.717, 1.165) is 23.4 Å². The van der Waals surface area contributed by atoms with Crippen molar-refractivity contribution in [1.82, 2.24) is 0 Å². The molecule has 0 fully saturated rings. The highest BCUT2D eigenvalue weighted by Gasteiger charge is 2.11. The molecule has 0 aliphatic carbocycles. The summed E-state index contributed by atoms with van der Waals surface area (Å²) in [6.45, 7) is 14.7. The van der Waals surface area contributed by atoms with Crippen LogP contribution in [-0.2, 0) is 12.8 Å². The van der Waals surface area contributed by atoms with Gasteiger partial charge in [-0.2, -0.15) is 0 Å². The first kappa shape index (κ1) is 23.7. The molecule has 0 aromatic heterocycles. The zero-order valence-electron chi connectivity index (χ0n) is 18.9. The first-order valence-corrected chi connectivity index (χ1v) is 10.9. The molecule has 3 aromatic rings. The lowest BCUT2D eigenvalue weighted by molar-refractivity contribution is 1.14. The van der Waals surface area contributed by atoms with Gasteiger partial charge in [0, 0.05) is 5.02 Å². The molecule has 0 amide bonds. The zero-order chi connectivity index (χ0) is 22.1. The van der Waals surface area contributed by atoms with Crippen LogP contribution >= 0.6 is 11.6 Å². The van der Waals surface area contributed by atoms with E-state index < -0.39 is 0 Å². The largest absolute Gasteiger partial charge is 0.0958 e. The summed E-state index contributed by atoms with van der Waals surface area (Å²) < 4.78 is 0. The van der Waals surface area contributed by atoms with Crippen LogP contribution in [0.1, 0.15) is 48.6 Å². The topological polar surface area (TPSA) is 0 Å². The molecule has 1 heteroatoms. The van der Waals surface area contributed by atoms with Crippen molar-refractivity contribution in [2.75, 3.05) is 0 Å². The van der Waals surface area contributed by atoms with Gasteiger partial charge in [-0.3, -0.25) is 0 Å². The van der Waals surface area contributed by atoms with Crippen molar-refractivity contribution < 1.29 is 0 Å². The monoisotopic (exact) mass is 416 g/mol. The molecule has 3 aromatic carbocycles. The van der Waals surface area contributed by atoms with Gasteiger partial charge in [0.15, 0.2) is 0 Å². The Bertz CT molecular complexity index is 992. The van der Waals surface area contributed by atoms with Crippen molar-refractivity contribution in [3.63, 3.8) is 0 Å². The Hall–Kier alpha value is -2.57. The van der Waals surface area contributed by atoms with Gasteiger partial charge in [-0.05, 0) is 86.1 Å². The number of benzene rings is 3. The van der Waals surface area contributed by atoms with E-state index in [1.807, 2.05) is 12.1 Å². The van der Waals surface area contributed by atoms with Gasteiger partial charge in [-0.1, -0.05) is 96.9 Å². The van der Waals surface area contributed by atoms with Gasteiger partial charge in [0.05, 0.1) is 0 Å². The number of aryl methyl sites for hydroxylation is 3. The summed E-state index contributed by atoms with van der Waals surface area (Å²) in [5.74, 6) is 0. The Balaban J connectivity index is 0.000000297. The number of rotatable bonds is 5. The molecule has 0 heterocycles. The molecular weight excluding hydrogens is 384 g/mol. The molecule has 0 saturated heterocycles. The maximum absolute atomic E-state index is 6.20. The van der Waals surface area contributed by atoms with Crippen molar-refractivity contribution in [3.8, 4) is 0 Å². The van der Waals surface area contributed by atoms with Gasteiger partial charge in [0.2, 0.25) is 0 Å². The highest BCUT2D eigenvalue weighted by atomic mass is 35.5. The summed E-state index contributed by atoms with van der Waals surface area (Å²) >= 11 is 6.20. The second-order valence-corrected chi connectivity index (χ2v) is 8.28. The maximum Gasteiger partial charge on any atom is 0.0412 e. The van der Waals surface area contributed by atoms with E-state index >= 15 is 0 Å². The molecule has 0 unspecified atom stereocenters. The average molecular weight is 417 g/mol. The van der Waals surface area contributed by atoms with Gasteiger partial charge in [-0.15, -0.1) is 0 Å². The predicted octanol–water partition coefficient (Wildman–Crippen LogP) is 8.80. The Morgan fingerprint density at radius 3 is 2.03 bits per heavy atom. The third-order valence-corrected chi connectivity index (χ3v) is 5.61.